The van der Waals surface area contributed by atoms with E-state index in [2.05, 4.69) is 21.8 Å². The molecule has 1 aliphatic carbocycles. The fraction of sp³-hybridized carbons (Fsp3) is 0.800. The van der Waals surface area contributed by atoms with Gasteiger partial charge in [0.25, 0.3) is 0 Å². The minimum absolute atomic E-state index is 0.484. The second kappa shape index (κ2) is 4.36. The van der Waals surface area contributed by atoms with E-state index in [0.29, 0.717) is 6.04 Å². The number of nitrogens with zero attached hydrogens (tertiary/aromatic N) is 2. The molecule has 0 bridgehead atoms. The van der Waals surface area contributed by atoms with E-state index >= 15 is 0 Å². The van der Waals surface area contributed by atoms with Crippen LogP contribution in [0.4, 0.5) is 0 Å². The smallest absolute Gasteiger partial charge is 0.0800 e. The molecular weight excluding hydrogens is 194 g/mol. The highest BCUT2D eigenvalue weighted by atomic mass is 32.1. The lowest BCUT2D eigenvalue weighted by Gasteiger charge is -2.14. The number of aryl methyl sites for hydroxylation is 1. The van der Waals surface area contributed by atoms with E-state index in [1.54, 1.807) is 11.5 Å². The van der Waals surface area contributed by atoms with Crippen molar-refractivity contribution in [1.29, 1.82) is 0 Å². The van der Waals surface area contributed by atoms with Gasteiger partial charge < -0.3 is 5.32 Å². The van der Waals surface area contributed by atoms with Crippen molar-refractivity contribution < 1.29 is 0 Å². The van der Waals surface area contributed by atoms with Crippen LogP contribution in [0, 0.1) is 5.92 Å². The molecule has 3 nitrogen and oxygen atoms in total. The number of nitrogens with one attached hydrogen (secondary N) is 1. The maximum atomic E-state index is 4.16. The molecule has 1 aliphatic rings. The van der Waals surface area contributed by atoms with E-state index in [4.69, 9.17) is 0 Å². The third kappa shape index (κ3) is 2.12. The minimum Gasteiger partial charge on any atom is -0.312 e. The van der Waals surface area contributed by atoms with E-state index in [1.165, 1.54) is 29.8 Å². The number of aromatic nitrogens is 2. The van der Waals surface area contributed by atoms with Crippen LogP contribution < -0.4 is 5.32 Å². The van der Waals surface area contributed by atoms with Crippen molar-refractivity contribution in [2.24, 2.45) is 5.92 Å². The van der Waals surface area contributed by atoms with E-state index in [1.807, 2.05) is 7.05 Å². The Morgan fingerprint density at radius 2 is 2.36 bits per heavy atom. The first-order valence-corrected chi connectivity index (χ1v) is 6.10. The zero-order valence-electron chi connectivity index (χ0n) is 8.79. The molecule has 0 radical (unpaired) electrons. The molecule has 78 valence electrons. The monoisotopic (exact) mass is 211 g/mol. The van der Waals surface area contributed by atoms with Gasteiger partial charge in [-0.2, -0.15) is 0 Å². The summed E-state index contributed by atoms with van der Waals surface area (Å²) >= 11 is 1.55. The molecule has 1 heterocycles. The molecule has 0 aliphatic heterocycles. The first-order valence-electron chi connectivity index (χ1n) is 5.33. The van der Waals surface area contributed by atoms with Crippen LogP contribution in [0.15, 0.2) is 0 Å². The highest BCUT2D eigenvalue weighted by molar-refractivity contribution is 7.05. The van der Waals surface area contributed by atoms with Crippen LogP contribution >= 0.6 is 11.5 Å². The lowest BCUT2D eigenvalue weighted by molar-refractivity contribution is 0.517. The van der Waals surface area contributed by atoms with E-state index in [0.717, 1.165) is 12.3 Å². The predicted molar refractivity (Wildman–Crippen MR) is 58.4 cm³/mol. The maximum absolute atomic E-state index is 4.16. The molecule has 0 spiro atoms. The number of rotatable bonds is 5. The molecule has 1 aromatic heterocycles. The molecule has 1 aromatic rings. The van der Waals surface area contributed by atoms with E-state index < -0.39 is 0 Å². The Morgan fingerprint density at radius 3 is 2.93 bits per heavy atom. The summed E-state index contributed by atoms with van der Waals surface area (Å²) in [5, 5.41) is 7.54. The number of hydrogen-bond acceptors (Lipinski definition) is 4. The van der Waals surface area contributed by atoms with Crippen LogP contribution in [0.2, 0.25) is 0 Å². The Bertz CT molecular complexity index is 293. The van der Waals surface area contributed by atoms with Crippen molar-refractivity contribution in [3.05, 3.63) is 10.6 Å². The third-order valence-corrected chi connectivity index (χ3v) is 3.73. The van der Waals surface area contributed by atoms with Crippen molar-refractivity contribution in [3.8, 4) is 0 Å². The summed E-state index contributed by atoms with van der Waals surface area (Å²) in [4.78, 5) is 1.35. The first-order chi connectivity index (χ1) is 6.85. The van der Waals surface area contributed by atoms with Gasteiger partial charge in [0.2, 0.25) is 0 Å². The van der Waals surface area contributed by atoms with Gasteiger partial charge in [0.15, 0.2) is 0 Å². The van der Waals surface area contributed by atoms with Crippen LogP contribution in [0.5, 0.6) is 0 Å². The molecule has 1 atom stereocenters. The highest BCUT2D eigenvalue weighted by Gasteiger charge is 2.27. The molecule has 4 heteroatoms. The van der Waals surface area contributed by atoms with Gasteiger partial charge in [-0.3, -0.25) is 0 Å². The van der Waals surface area contributed by atoms with Gasteiger partial charge in [-0.25, -0.2) is 0 Å². The van der Waals surface area contributed by atoms with Crippen molar-refractivity contribution in [1.82, 2.24) is 14.9 Å². The summed E-state index contributed by atoms with van der Waals surface area (Å²) in [6.45, 7) is 2.14. The minimum atomic E-state index is 0.484. The molecule has 0 saturated heterocycles. The Kier molecular flexibility index (Phi) is 3.13. The SMILES string of the molecule is CCc1nnsc1C(CC1CC1)NC. The predicted octanol–water partition coefficient (Wildman–Crippen LogP) is 2.16. The van der Waals surface area contributed by atoms with Gasteiger partial charge in [-0.05, 0) is 37.3 Å². The Morgan fingerprint density at radius 1 is 1.57 bits per heavy atom. The highest BCUT2D eigenvalue weighted by Crippen LogP contribution is 2.38. The topological polar surface area (TPSA) is 37.8 Å². The zero-order chi connectivity index (χ0) is 9.97. The quantitative estimate of drug-likeness (QED) is 0.811. The molecule has 1 unspecified atom stereocenters. The van der Waals surface area contributed by atoms with Crippen LogP contribution in [-0.4, -0.2) is 16.6 Å². The first kappa shape index (κ1) is 10.1. The van der Waals surface area contributed by atoms with Crippen LogP contribution in [0.1, 0.15) is 42.8 Å². The summed E-state index contributed by atoms with van der Waals surface area (Å²) in [5.74, 6) is 0.944. The van der Waals surface area contributed by atoms with Crippen LogP contribution in [0.25, 0.3) is 0 Å². The second-order valence-electron chi connectivity index (χ2n) is 3.96. The van der Waals surface area contributed by atoms with Crippen LogP contribution in [0.3, 0.4) is 0 Å². The lowest BCUT2D eigenvalue weighted by Crippen LogP contribution is -2.17. The van der Waals surface area contributed by atoms with Gasteiger partial charge in [0, 0.05) is 6.04 Å². The van der Waals surface area contributed by atoms with E-state index in [9.17, 15) is 0 Å². The fourth-order valence-corrected chi connectivity index (χ4v) is 2.63. The summed E-state index contributed by atoms with van der Waals surface area (Å²) in [7, 11) is 2.03. The molecule has 1 fully saturated rings. The molecule has 0 aromatic carbocycles. The molecule has 0 amide bonds. The largest absolute Gasteiger partial charge is 0.312 e. The van der Waals surface area contributed by atoms with Gasteiger partial charge in [0.05, 0.1) is 10.6 Å². The van der Waals surface area contributed by atoms with Crippen molar-refractivity contribution >= 4 is 11.5 Å². The Labute approximate surface area is 89.1 Å². The molecule has 14 heavy (non-hydrogen) atoms. The maximum Gasteiger partial charge on any atom is 0.0800 e. The Hall–Kier alpha value is -0.480. The standard InChI is InChI=1S/C10H17N3S/c1-3-8-10(14-13-12-8)9(11-2)6-7-4-5-7/h7,9,11H,3-6H2,1-2H3. The summed E-state index contributed by atoms with van der Waals surface area (Å²) in [6.07, 6.45) is 5.07. The molecule has 1 saturated carbocycles. The number of hydrogen-bond donors (Lipinski definition) is 1. The van der Waals surface area contributed by atoms with Gasteiger partial charge in [-0.1, -0.05) is 24.3 Å². The van der Waals surface area contributed by atoms with Crippen LogP contribution in [-0.2, 0) is 6.42 Å². The third-order valence-electron chi connectivity index (χ3n) is 2.85. The Balaban J connectivity index is 2.08. The second-order valence-corrected chi connectivity index (χ2v) is 4.74. The summed E-state index contributed by atoms with van der Waals surface area (Å²) < 4.78 is 4.04. The summed E-state index contributed by atoms with van der Waals surface area (Å²) in [5.41, 5.74) is 1.18. The average Bonchev–Trinajstić information content (AvgIpc) is 2.90. The van der Waals surface area contributed by atoms with Crippen molar-refractivity contribution in [2.75, 3.05) is 7.05 Å². The lowest BCUT2D eigenvalue weighted by atomic mass is 10.1. The molecular formula is C10H17N3S. The van der Waals surface area contributed by atoms with Gasteiger partial charge in [0.1, 0.15) is 0 Å². The van der Waals surface area contributed by atoms with Crippen molar-refractivity contribution in [2.45, 2.75) is 38.6 Å². The van der Waals surface area contributed by atoms with E-state index in [-0.39, 0.29) is 0 Å². The zero-order valence-corrected chi connectivity index (χ0v) is 9.60. The summed E-state index contributed by atoms with van der Waals surface area (Å²) in [6, 6.07) is 0.484. The fourth-order valence-electron chi connectivity index (χ4n) is 1.77. The van der Waals surface area contributed by atoms with Crippen molar-refractivity contribution in [3.63, 3.8) is 0 Å². The van der Waals surface area contributed by atoms with Gasteiger partial charge >= 0.3 is 0 Å². The molecule has 1 N–H and O–H groups in total. The van der Waals surface area contributed by atoms with Gasteiger partial charge in [-0.15, -0.1) is 5.10 Å². The normalized spacial score (nSPS) is 18.4. The average molecular weight is 211 g/mol. The molecule has 2 rings (SSSR count).